The summed E-state index contributed by atoms with van der Waals surface area (Å²) in [7, 11) is 0. The van der Waals surface area contributed by atoms with E-state index in [1.54, 1.807) is 12.3 Å². The fraction of sp³-hybridized carbons (Fsp3) is 0. The Labute approximate surface area is 148 Å². The van der Waals surface area contributed by atoms with E-state index in [-0.39, 0.29) is 0 Å². The fourth-order valence-corrected chi connectivity index (χ4v) is 2.67. The molecule has 0 spiro atoms. The highest BCUT2D eigenvalue weighted by Gasteiger charge is 2.07. The third-order valence-corrected chi connectivity index (χ3v) is 4.05. The SMILES string of the molecule is Clc1ccccc1C=Nn1nnnc1Nc1cccc2ccccc12. The molecule has 6 nitrogen and oxygen atoms in total. The van der Waals surface area contributed by atoms with Crippen LogP contribution in [0.4, 0.5) is 11.6 Å². The third kappa shape index (κ3) is 3.20. The fourth-order valence-electron chi connectivity index (χ4n) is 2.49. The minimum absolute atomic E-state index is 0.416. The first kappa shape index (κ1) is 15.3. The number of nitrogens with one attached hydrogen (secondary N) is 1. The van der Waals surface area contributed by atoms with Crippen LogP contribution in [-0.2, 0) is 0 Å². The van der Waals surface area contributed by atoms with Gasteiger partial charge in [-0.05, 0) is 27.9 Å². The maximum absolute atomic E-state index is 6.13. The van der Waals surface area contributed by atoms with Gasteiger partial charge in [0.05, 0.1) is 6.21 Å². The standard InChI is InChI=1S/C18H13ClN6/c19-16-10-4-2-7-14(16)12-20-25-18(22-23-24-25)21-17-11-5-8-13-6-1-3-9-15(13)17/h1-12H,(H,21,22,24). The Kier molecular flexibility index (Phi) is 4.10. The van der Waals surface area contributed by atoms with Gasteiger partial charge >= 0.3 is 0 Å². The highest BCUT2D eigenvalue weighted by Crippen LogP contribution is 2.25. The van der Waals surface area contributed by atoms with Crippen LogP contribution in [0.5, 0.6) is 0 Å². The molecule has 0 aliphatic rings. The summed E-state index contributed by atoms with van der Waals surface area (Å²) >= 11 is 6.13. The molecule has 0 aliphatic carbocycles. The molecule has 1 heterocycles. The van der Waals surface area contributed by atoms with Crippen molar-refractivity contribution in [3.63, 3.8) is 0 Å². The van der Waals surface area contributed by atoms with Crippen LogP contribution in [-0.4, -0.2) is 26.5 Å². The molecule has 0 aliphatic heterocycles. The van der Waals surface area contributed by atoms with Crippen LogP contribution in [0.2, 0.25) is 5.02 Å². The molecule has 0 unspecified atom stereocenters. The molecule has 4 rings (SSSR count). The molecule has 25 heavy (non-hydrogen) atoms. The first-order chi connectivity index (χ1) is 12.3. The molecule has 0 bridgehead atoms. The van der Waals surface area contributed by atoms with Crippen LogP contribution in [0.15, 0.2) is 71.8 Å². The van der Waals surface area contributed by atoms with Crippen molar-refractivity contribution in [2.24, 2.45) is 5.10 Å². The average Bonchev–Trinajstić information content (AvgIpc) is 3.08. The van der Waals surface area contributed by atoms with Crippen molar-refractivity contribution in [3.8, 4) is 0 Å². The van der Waals surface area contributed by atoms with Gasteiger partial charge < -0.3 is 5.32 Å². The highest BCUT2D eigenvalue weighted by atomic mass is 35.5. The normalized spacial score (nSPS) is 11.2. The summed E-state index contributed by atoms with van der Waals surface area (Å²) in [5.41, 5.74) is 1.69. The number of anilines is 2. The summed E-state index contributed by atoms with van der Waals surface area (Å²) in [4.78, 5) is 1.32. The molecule has 1 aromatic heterocycles. The molecule has 0 radical (unpaired) electrons. The second-order valence-corrected chi connectivity index (χ2v) is 5.72. The molecule has 0 atom stereocenters. The van der Waals surface area contributed by atoms with Gasteiger partial charge in [0.1, 0.15) is 0 Å². The number of tetrazole rings is 1. The van der Waals surface area contributed by atoms with E-state index in [0.717, 1.165) is 22.0 Å². The number of benzene rings is 3. The van der Waals surface area contributed by atoms with Crippen molar-refractivity contribution >= 4 is 40.2 Å². The number of hydrogen-bond acceptors (Lipinski definition) is 5. The van der Waals surface area contributed by atoms with Gasteiger partial charge in [0.15, 0.2) is 0 Å². The van der Waals surface area contributed by atoms with E-state index < -0.39 is 0 Å². The van der Waals surface area contributed by atoms with E-state index >= 15 is 0 Å². The summed E-state index contributed by atoms with van der Waals surface area (Å²) in [6.07, 6.45) is 1.62. The zero-order valence-electron chi connectivity index (χ0n) is 13.0. The Morgan fingerprint density at radius 3 is 2.68 bits per heavy atom. The van der Waals surface area contributed by atoms with Gasteiger partial charge in [-0.2, -0.15) is 5.10 Å². The van der Waals surface area contributed by atoms with Crippen molar-refractivity contribution in [2.45, 2.75) is 0 Å². The minimum Gasteiger partial charge on any atom is -0.321 e. The summed E-state index contributed by atoms with van der Waals surface area (Å²) < 4.78 is 0. The Hall–Kier alpha value is -3.25. The molecule has 122 valence electrons. The average molecular weight is 349 g/mol. The number of nitrogens with zero attached hydrogens (tertiary/aromatic N) is 5. The molecular formula is C18H13ClN6. The largest absolute Gasteiger partial charge is 0.321 e. The molecule has 0 saturated carbocycles. The molecular weight excluding hydrogens is 336 g/mol. The van der Waals surface area contributed by atoms with Crippen molar-refractivity contribution in [3.05, 3.63) is 77.3 Å². The quantitative estimate of drug-likeness (QED) is 0.564. The lowest BCUT2D eigenvalue weighted by Crippen LogP contribution is -2.01. The van der Waals surface area contributed by atoms with Crippen LogP contribution in [0.25, 0.3) is 10.8 Å². The summed E-state index contributed by atoms with van der Waals surface area (Å²) in [5, 5.41) is 21.9. The minimum atomic E-state index is 0.416. The van der Waals surface area contributed by atoms with E-state index in [9.17, 15) is 0 Å². The molecule has 0 saturated heterocycles. The van der Waals surface area contributed by atoms with E-state index in [1.807, 2.05) is 48.5 Å². The molecule has 4 aromatic rings. The van der Waals surface area contributed by atoms with Gasteiger partial charge in [-0.25, -0.2) is 0 Å². The van der Waals surface area contributed by atoms with Gasteiger partial charge in [0.25, 0.3) is 5.95 Å². The number of hydrogen-bond donors (Lipinski definition) is 1. The first-order valence-electron chi connectivity index (χ1n) is 7.63. The number of aromatic nitrogens is 4. The molecule has 7 heteroatoms. The predicted molar refractivity (Wildman–Crippen MR) is 99.5 cm³/mol. The summed E-state index contributed by atoms with van der Waals surface area (Å²) in [6, 6.07) is 21.5. The van der Waals surface area contributed by atoms with Crippen LogP contribution in [0, 0.1) is 0 Å². The zero-order valence-corrected chi connectivity index (χ0v) is 13.8. The van der Waals surface area contributed by atoms with Crippen molar-refractivity contribution in [1.29, 1.82) is 0 Å². The Morgan fingerprint density at radius 1 is 0.960 bits per heavy atom. The van der Waals surface area contributed by atoms with Gasteiger partial charge in [0, 0.05) is 21.7 Å². The Morgan fingerprint density at radius 2 is 1.76 bits per heavy atom. The highest BCUT2D eigenvalue weighted by molar-refractivity contribution is 6.33. The molecule has 1 N–H and O–H groups in total. The summed E-state index contributed by atoms with van der Waals surface area (Å²) in [5.74, 6) is 0.416. The second-order valence-electron chi connectivity index (χ2n) is 5.31. The Bertz CT molecular complexity index is 1050. The van der Waals surface area contributed by atoms with Crippen molar-refractivity contribution in [2.75, 3.05) is 5.32 Å². The molecule has 0 fully saturated rings. The van der Waals surface area contributed by atoms with Crippen LogP contribution in [0.3, 0.4) is 0 Å². The van der Waals surface area contributed by atoms with Gasteiger partial charge in [-0.3, -0.25) is 0 Å². The van der Waals surface area contributed by atoms with Gasteiger partial charge in [-0.15, -0.1) is 0 Å². The maximum atomic E-state index is 6.13. The van der Waals surface area contributed by atoms with E-state index in [1.165, 1.54) is 4.79 Å². The smallest absolute Gasteiger partial charge is 0.269 e. The van der Waals surface area contributed by atoms with E-state index in [4.69, 9.17) is 11.6 Å². The second kappa shape index (κ2) is 6.70. The van der Waals surface area contributed by atoms with Gasteiger partial charge in [0.2, 0.25) is 0 Å². The van der Waals surface area contributed by atoms with Crippen molar-refractivity contribution < 1.29 is 0 Å². The lowest BCUT2D eigenvalue weighted by atomic mass is 10.1. The van der Waals surface area contributed by atoms with E-state index in [2.05, 4.69) is 38.1 Å². The lowest BCUT2D eigenvalue weighted by Gasteiger charge is -2.07. The van der Waals surface area contributed by atoms with E-state index in [0.29, 0.717) is 11.0 Å². The van der Waals surface area contributed by atoms with Crippen LogP contribution in [0.1, 0.15) is 5.56 Å². The Balaban J connectivity index is 1.65. The zero-order chi connectivity index (χ0) is 17.1. The number of halogens is 1. The van der Waals surface area contributed by atoms with Gasteiger partial charge in [-0.1, -0.05) is 76.1 Å². The number of fused-ring (bicyclic) bond motifs is 1. The monoisotopic (exact) mass is 348 g/mol. The lowest BCUT2D eigenvalue weighted by molar-refractivity contribution is 0.699. The third-order valence-electron chi connectivity index (χ3n) is 3.70. The first-order valence-corrected chi connectivity index (χ1v) is 8.01. The number of rotatable bonds is 4. The van der Waals surface area contributed by atoms with Crippen LogP contribution >= 0.6 is 11.6 Å². The van der Waals surface area contributed by atoms with Crippen LogP contribution < -0.4 is 5.32 Å². The van der Waals surface area contributed by atoms with Crippen molar-refractivity contribution in [1.82, 2.24) is 20.3 Å². The summed E-state index contributed by atoms with van der Waals surface area (Å²) in [6.45, 7) is 0. The maximum Gasteiger partial charge on any atom is 0.269 e. The topological polar surface area (TPSA) is 68.0 Å². The predicted octanol–water partition coefficient (Wildman–Crippen LogP) is 4.11. The molecule has 3 aromatic carbocycles. The molecule has 0 amide bonds.